The van der Waals surface area contributed by atoms with E-state index >= 15 is 0 Å². The second kappa shape index (κ2) is 7.91. The van der Waals surface area contributed by atoms with Gasteiger partial charge in [0.25, 0.3) is 0 Å². The summed E-state index contributed by atoms with van der Waals surface area (Å²) in [7, 11) is 1.55. The van der Waals surface area contributed by atoms with E-state index in [1.807, 2.05) is 40.0 Å². The lowest BCUT2D eigenvalue weighted by molar-refractivity contribution is 0.0525. The summed E-state index contributed by atoms with van der Waals surface area (Å²) in [4.78, 5) is 11.6. The van der Waals surface area contributed by atoms with Gasteiger partial charge in [0.1, 0.15) is 17.4 Å². The van der Waals surface area contributed by atoms with Crippen molar-refractivity contribution in [3.05, 3.63) is 35.7 Å². The first-order valence-corrected chi connectivity index (χ1v) is 8.32. The minimum atomic E-state index is -0.520. The van der Waals surface area contributed by atoms with E-state index in [2.05, 4.69) is 16.5 Å². The Morgan fingerprint density at radius 2 is 2.08 bits per heavy atom. The molecule has 0 aliphatic heterocycles. The first-order chi connectivity index (χ1) is 12.2. The van der Waals surface area contributed by atoms with Gasteiger partial charge in [0.05, 0.1) is 25.4 Å². The number of nitriles is 1. The van der Waals surface area contributed by atoms with Gasteiger partial charge in [-0.05, 0) is 51.0 Å². The molecule has 0 saturated carbocycles. The van der Waals surface area contributed by atoms with Crippen LogP contribution in [0.15, 0.2) is 24.5 Å². The molecule has 138 valence electrons. The van der Waals surface area contributed by atoms with Crippen LogP contribution in [0.2, 0.25) is 0 Å². The largest absolute Gasteiger partial charge is 0.495 e. The van der Waals surface area contributed by atoms with Gasteiger partial charge >= 0.3 is 6.09 Å². The Hall–Kier alpha value is -3.01. The summed E-state index contributed by atoms with van der Waals surface area (Å²) in [5.74, 6) is 0.588. The molecule has 0 unspecified atom stereocenters. The molecular formula is C19H24N4O3. The van der Waals surface area contributed by atoms with Crippen molar-refractivity contribution in [3.63, 3.8) is 0 Å². The number of rotatable bonds is 5. The van der Waals surface area contributed by atoms with Crippen molar-refractivity contribution in [2.45, 2.75) is 39.8 Å². The zero-order valence-corrected chi connectivity index (χ0v) is 15.8. The molecule has 0 aliphatic rings. The Kier molecular flexibility index (Phi) is 5.88. The van der Waals surface area contributed by atoms with Gasteiger partial charge < -0.3 is 14.8 Å². The number of amides is 1. The van der Waals surface area contributed by atoms with Crippen molar-refractivity contribution in [1.82, 2.24) is 15.1 Å². The molecular weight excluding hydrogens is 332 g/mol. The van der Waals surface area contributed by atoms with Crippen LogP contribution in [-0.4, -0.2) is 35.1 Å². The summed E-state index contributed by atoms with van der Waals surface area (Å²) < 4.78 is 12.2. The first kappa shape index (κ1) is 19.3. The van der Waals surface area contributed by atoms with Gasteiger partial charge in [-0.15, -0.1) is 0 Å². The Morgan fingerprint density at radius 1 is 1.35 bits per heavy atom. The summed E-state index contributed by atoms with van der Waals surface area (Å²) in [5.41, 5.74) is 2.65. The molecule has 2 rings (SSSR count). The number of nitrogens with zero attached hydrogens (tertiary/aromatic N) is 3. The van der Waals surface area contributed by atoms with Crippen molar-refractivity contribution in [2.75, 3.05) is 13.7 Å². The highest BCUT2D eigenvalue weighted by Crippen LogP contribution is 2.29. The minimum absolute atomic E-state index is 0.404. The number of carbonyl (C=O) groups is 1. The quantitative estimate of drug-likeness (QED) is 0.888. The zero-order valence-electron chi connectivity index (χ0n) is 15.8. The fourth-order valence-electron chi connectivity index (χ4n) is 2.52. The number of hydrogen-bond acceptors (Lipinski definition) is 5. The summed E-state index contributed by atoms with van der Waals surface area (Å²) in [6.45, 7) is 8.27. The number of methoxy groups -OCH3 is 1. The molecule has 0 bridgehead atoms. The molecule has 0 radical (unpaired) electrons. The van der Waals surface area contributed by atoms with E-state index in [0.29, 0.717) is 24.4 Å². The number of ether oxygens (including phenoxy) is 2. The lowest BCUT2D eigenvalue weighted by Crippen LogP contribution is -2.34. The summed E-state index contributed by atoms with van der Waals surface area (Å²) in [5, 5.41) is 16.3. The minimum Gasteiger partial charge on any atom is -0.495 e. The number of nitrogens with one attached hydrogen (secondary N) is 1. The molecule has 7 heteroatoms. The molecule has 1 aromatic carbocycles. The molecule has 0 atom stereocenters. The summed E-state index contributed by atoms with van der Waals surface area (Å²) in [6, 6.07) is 5.90. The maximum atomic E-state index is 11.6. The molecule has 1 amide bonds. The number of aryl methyl sites for hydroxylation is 1. The van der Waals surface area contributed by atoms with E-state index in [4.69, 9.17) is 9.47 Å². The Morgan fingerprint density at radius 3 is 2.69 bits per heavy atom. The van der Waals surface area contributed by atoms with Crippen molar-refractivity contribution < 1.29 is 14.3 Å². The number of aromatic nitrogens is 2. The SMILES string of the molecule is COc1c(C)cc(-c2cnn(CCNC(=O)OC(C)(C)C)c2)cc1C#N. The van der Waals surface area contributed by atoms with Crippen molar-refractivity contribution in [1.29, 1.82) is 5.26 Å². The average Bonchev–Trinajstić information content (AvgIpc) is 3.01. The van der Waals surface area contributed by atoms with Gasteiger partial charge in [-0.2, -0.15) is 10.4 Å². The number of hydrogen-bond donors (Lipinski definition) is 1. The fraction of sp³-hybridized carbons (Fsp3) is 0.421. The molecule has 0 saturated heterocycles. The molecule has 0 spiro atoms. The van der Waals surface area contributed by atoms with E-state index in [1.165, 1.54) is 0 Å². The molecule has 1 heterocycles. The predicted molar refractivity (Wildman–Crippen MR) is 97.9 cm³/mol. The standard InChI is InChI=1S/C19H24N4O3/c1-13-8-14(9-15(10-20)17(13)25-5)16-11-22-23(12-16)7-6-21-18(24)26-19(2,3)4/h8-9,11-12H,6-7H2,1-5H3,(H,21,24). The van der Waals surface area contributed by atoms with Crippen LogP contribution in [0.4, 0.5) is 4.79 Å². The third kappa shape index (κ3) is 4.99. The molecule has 7 nitrogen and oxygen atoms in total. The van der Waals surface area contributed by atoms with E-state index in [-0.39, 0.29) is 0 Å². The van der Waals surface area contributed by atoms with E-state index < -0.39 is 11.7 Å². The zero-order chi connectivity index (χ0) is 19.3. The molecule has 1 aromatic heterocycles. The Labute approximate surface area is 153 Å². The van der Waals surface area contributed by atoms with Gasteiger partial charge in [-0.3, -0.25) is 4.68 Å². The third-order valence-corrected chi connectivity index (χ3v) is 3.57. The van der Waals surface area contributed by atoms with Gasteiger partial charge in [-0.1, -0.05) is 0 Å². The van der Waals surface area contributed by atoms with Crippen LogP contribution in [0, 0.1) is 18.3 Å². The van der Waals surface area contributed by atoms with E-state index in [9.17, 15) is 10.1 Å². The van der Waals surface area contributed by atoms with Crippen LogP contribution >= 0.6 is 0 Å². The van der Waals surface area contributed by atoms with Crippen molar-refractivity contribution >= 4 is 6.09 Å². The summed E-state index contributed by atoms with van der Waals surface area (Å²) >= 11 is 0. The molecule has 0 fully saturated rings. The fourth-order valence-corrected chi connectivity index (χ4v) is 2.52. The molecule has 0 aliphatic carbocycles. The maximum absolute atomic E-state index is 11.6. The van der Waals surface area contributed by atoms with Crippen molar-refractivity contribution in [3.8, 4) is 22.9 Å². The van der Waals surface area contributed by atoms with Crippen LogP contribution in [0.1, 0.15) is 31.9 Å². The first-order valence-electron chi connectivity index (χ1n) is 8.32. The Balaban J connectivity index is 2.03. The van der Waals surface area contributed by atoms with Crippen LogP contribution in [0.25, 0.3) is 11.1 Å². The predicted octanol–water partition coefficient (Wildman–Crippen LogP) is 3.26. The number of carbonyl (C=O) groups excluding carboxylic acids is 1. The normalized spacial score (nSPS) is 10.9. The lowest BCUT2D eigenvalue weighted by atomic mass is 10.0. The lowest BCUT2D eigenvalue weighted by Gasteiger charge is -2.19. The smallest absolute Gasteiger partial charge is 0.407 e. The van der Waals surface area contributed by atoms with Gasteiger partial charge in [0, 0.05) is 18.3 Å². The highest BCUT2D eigenvalue weighted by Gasteiger charge is 2.15. The molecule has 1 N–H and O–H groups in total. The van der Waals surface area contributed by atoms with E-state index in [1.54, 1.807) is 24.1 Å². The van der Waals surface area contributed by atoms with Crippen LogP contribution in [0.3, 0.4) is 0 Å². The second-order valence-corrected chi connectivity index (χ2v) is 6.91. The van der Waals surface area contributed by atoms with Crippen LogP contribution in [0.5, 0.6) is 5.75 Å². The monoisotopic (exact) mass is 356 g/mol. The number of alkyl carbamates (subject to hydrolysis) is 1. The van der Waals surface area contributed by atoms with Gasteiger partial charge in [0.2, 0.25) is 0 Å². The molecule has 2 aromatic rings. The van der Waals surface area contributed by atoms with Crippen LogP contribution in [-0.2, 0) is 11.3 Å². The average molecular weight is 356 g/mol. The topological polar surface area (TPSA) is 89.2 Å². The van der Waals surface area contributed by atoms with E-state index in [0.717, 1.165) is 16.7 Å². The maximum Gasteiger partial charge on any atom is 0.407 e. The number of benzene rings is 1. The van der Waals surface area contributed by atoms with Gasteiger partial charge in [-0.25, -0.2) is 4.79 Å². The highest BCUT2D eigenvalue weighted by atomic mass is 16.6. The summed E-state index contributed by atoms with van der Waals surface area (Å²) in [6.07, 6.45) is 3.16. The second-order valence-electron chi connectivity index (χ2n) is 6.91. The third-order valence-electron chi connectivity index (χ3n) is 3.57. The highest BCUT2D eigenvalue weighted by molar-refractivity contribution is 5.68. The molecule has 26 heavy (non-hydrogen) atoms. The Bertz CT molecular complexity index is 828. The van der Waals surface area contributed by atoms with Crippen molar-refractivity contribution in [2.24, 2.45) is 0 Å². The van der Waals surface area contributed by atoms with Crippen LogP contribution < -0.4 is 10.1 Å². The van der Waals surface area contributed by atoms with Gasteiger partial charge in [0.15, 0.2) is 0 Å².